The molecule has 2 aliphatic heterocycles. The van der Waals surface area contributed by atoms with Gasteiger partial charge in [0.2, 0.25) is 0 Å². The van der Waals surface area contributed by atoms with E-state index in [1.807, 2.05) is 45.0 Å². The molecule has 2 amide bonds. The van der Waals surface area contributed by atoms with Crippen LogP contribution >= 0.6 is 11.8 Å². The van der Waals surface area contributed by atoms with E-state index in [1.54, 1.807) is 14.2 Å². The summed E-state index contributed by atoms with van der Waals surface area (Å²) in [4.78, 5) is 31.7. The summed E-state index contributed by atoms with van der Waals surface area (Å²) in [7, 11) is 4.48. The number of anilines is 1. The summed E-state index contributed by atoms with van der Waals surface area (Å²) in [5.74, 6) is 2.18. The molecule has 2 aromatic rings. The molecule has 9 nitrogen and oxygen atoms in total. The quantitative estimate of drug-likeness (QED) is 0.385. The minimum absolute atomic E-state index is 0.458. The molecule has 37 heavy (non-hydrogen) atoms. The summed E-state index contributed by atoms with van der Waals surface area (Å²) in [6.45, 7) is 7.33. The molecule has 0 radical (unpaired) electrons. The summed E-state index contributed by atoms with van der Waals surface area (Å²) in [6, 6.07) is 12.0. The van der Waals surface area contributed by atoms with Crippen LogP contribution in [0.15, 0.2) is 46.5 Å². The van der Waals surface area contributed by atoms with Gasteiger partial charge in [0.15, 0.2) is 11.5 Å². The molecule has 2 aliphatic rings. The van der Waals surface area contributed by atoms with Gasteiger partial charge in [0.25, 0.3) is 0 Å². The number of carbonyl (C=O) groups is 2. The number of fused-ring (bicyclic) bond motifs is 1. The van der Waals surface area contributed by atoms with E-state index in [-0.39, 0.29) is 0 Å². The highest BCUT2D eigenvalue weighted by Crippen LogP contribution is 2.38. The van der Waals surface area contributed by atoms with Crippen molar-refractivity contribution in [1.82, 2.24) is 5.01 Å². The first-order valence-corrected chi connectivity index (χ1v) is 12.9. The number of hydrazone groups is 1. The third-order valence-electron chi connectivity index (χ3n) is 6.31. The van der Waals surface area contributed by atoms with Crippen molar-refractivity contribution in [3.8, 4) is 11.5 Å². The standard InChI is InChI=1S/C27H32N4O5S/c1-7-28-24(19-11-13-21(34-4)22(16-19)35-5)30-14-8-9-17-15-18(10-12-20(17)30)23-27(2,3)37-26(33)31(29-23)25(32)36-6/h10-13,15-16H,7-9,14H2,1-6H3/b28-24-. The fourth-order valence-electron chi connectivity index (χ4n) is 4.60. The number of nitrogens with zero attached hydrogens (tertiary/aromatic N) is 4. The number of aliphatic imine (C=N–C) groups is 1. The summed E-state index contributed by atoms with van der Waals surface area (Å²) >= 11 is 1.06. The number of aryl methyl sites for hydroxylation is 1. The predicted molar refractivity (Wildman–Crippen MR) is 147 cm³/mol. The Kier molecular flexibility index (Phi) is 7.77. The molecule has 0 N–H and O–H groups in total. The van der Waals surface area contributed by atoms with Crippen molar-refractivity contribution >= 4 is 40.3 Å². The smallest absolute Gasteiger partial charge is 0.438 e. The maximum Gasteiger partial charge on any atom is 0.438 e. The Hall–Kier alpha value is -3.53. The van der Waals surface area contributed by atoms with Gasteiger partial charge in [-0.2, -0.15) is 5.10 Å². The average Bonchev–Trinajstić information content (AvgIpc) is 2.90. The van der Waals surface area contributed by atoms with Gasteiger partial charge in [-0.1, -0.05) is 6.07 Å². The van der Waals surface area contributed by atoms with Crippen LogP contribution in [0.3, 0.4) is 0 Å². The van der Waals surface area contributed by atoms with Gasteiger partial charge in [-0.25, -0.2) is 4.79 Å². The van der Waals surface area contributed by atoms with Gasteiger partial charge in [-0.3, -0.25) is 9.79 Å². The van der Waals surface area contributed by atoms with E-state index < -0.39 is 16.1 Å². The largest absolute Gasteiger partial charge is 0.493 e. The van der Waals surface area contributed by atoms with Crippen molar-refractivity contribution in [2.45, 2.75) is 38.4 Å². The molecule has 0 saturated heterocycles. The van der Waals surface area contributed by atoms with E-state index in [1.165, 1.54) is 7.11 Å². The van der Waals surface area contributed by atoms with Crippen LogP contribution < -0.4 is 14.4 Å². The lowest BCUT2D eigenvalue weighted by molar-refractivity contribution is 0.136. The van der Waals surface area contributed by atoms with Crippen LogP contribution in [-0.2, 0) is 11.2 Å². The number of hydrogen-bond donors (Lipinski definition) is 0. The zero-order valence-corrected chi connectivity index (χ0v) is 22.8. The second kappa shape index (κ2) is 10.8. The van der Waals surface area contributed by atoms with Crippen molar-refractivity contribution in [2.75, 3.05) is 39.3 Å². The number of thioether (sulfide) groups is 1. The number of hydrogen-bond acceptors (Lipinski definition) is 8. The fraction of sp³-hybridized carbons (Fsp3) is 0.407. The Labute approximate surface area is 221 Å². The first-order chi connectivity index (χ1) is 17.7. The zero-order valence-electron chi connectivity index (χ0n) is 22.0. The maximum absolute atomic E-state index is 12.5. The fourth-order valence-corrected chi connectivity index (χ4v) is 5.49. The first-order valence-electron chi connectivity index (χ1n) is 12.1. The SMILES string of the molecule is CC/N=C(/c1ccc(OC)c(OC)c1)N1CCCc2cc(C3=NN(C(=O)OC)C(=O)SC3(C)C)ccc21. The molecule has 0 saturated carbocycles. The lowest BCUT2D eigenvalue weighted by Gasteiger charge is -2.35. The molecule has 0 spiro atoms. The number of benzene rings is 2. The summed E-state index contributed by atoms with van der Waals surface area (Å²) < 4.78 is 15.1. The van der Waals surface area contributed by atoms with Gasteiger partial charge in [0.05, 0.1) is 31.8 Å². The number of ether oxygens (including phenoxy) is 3. The van der Waals surface area contributed by atoms with Crippen molar-refractivity contribution in [2.24, 2.45) is 10.1 Å². The van der Waals surface area contributed by atoms with Gasteiger partial charge in [-0.15, -0.1) is 5.01 Å². The van der Waals surface area contributed by atoms with Crippen molar-refractivity contribution in [3.05, 3.63) is 53.1 Å². The molecule has 2 heterocycles. The second-order valence-electron chi connectivity index (χ2n) is 9.08. The highest BCUT2D eigenvalue weighted by atomic mass is 32.2. The highest BCUT2D eigenvalue weighted by Gasteiger charge is 2.40. The van der Waals surface area contributed by atoms with Gasteiger partial charge in [0.1, 0.15) is 5.84 Å². The van der Waals surface area contributed by atoms with Gasteiger partial charge < -0.3 is 19.1 Å². The highest BCUT2D eigenvalue weighted by molar-refractivity contribution is 8.15. The minimum Gasteiger partial charge on any atom is -0.493 e. The van der Waals surface area contributed by atoms with E-state index in [4.69, 9.17) is 19.2 Å². The molecule has 0 bridgehead atoms. The second-order valence-corrected chi connectivity index (χ2v) is 10.6. The van der Waals surface area contributed by atoms with E-state index in [0.717, 1.165) is 64.4 Å². The molecule has 10 heteroatoms. The lowest BCUT2D eigenvalue weighted by Crippen LogP contribution is -2.43. The molecular formula is C27H32N4O5S. The molecular weight excluding hydrogens is 492 g/mol. The molecule has 0 aliphatic carbocycles. The Morgan fingerprint density at radius 2 is 1.86 bits per heavy atom. The van der Waals surface area contributed by atoms with Gasteiger partial charge in [-0.05, 0) is 86.8 Å². The number of imide groups is 1. The molecule has 0 aromatic heterocycles. The Morgan fingerprint density at radius 3 is 2.54 bits per heavy atom. The minimum atomic E-state index is -0.801. The molecule has 2 aromatic carbocycles. The van der Waals surface area contributed by atoms with Gasteiger partial charge >= 0.3 is 11.3 Å². The number of amidine groups is 1. The van der Waals surface area contributed by atoms with E-state index in [9.17, 15) is 9.59 Å². The third kappa shape index (κ3) is 5.16. The number of amides is 2. The van der Waals surface area contributed by atoms with Crippen LogP contribution in [0, 0.1) is 0 Å². The number of rotatable bonds is 5. The monoisotopic (exact) mass is 524 g/mol. The average molecular weight is 525 g/mol. The molecule has 196 valence electrons. The molecule has 0 unspecified atom stereocenters. The van der Waals surface area contributed by atoms with E-state index >= 15 is 0 Å². The van der Waals surface area contributed by atoms with Crippen LogP contribution in [0.1, 0.15) is 43.9 Å². The molecule has 0 fully saturated rings. The van der Waals surface area contributed by atoms with E-state index in [0.29, 0.717) is 23.8 Å². The number of carbonyl (C=O) groups excluding carboxylic acids is 2. The summed E-state index contributed by atoms with van der Waals surface area (Å²) in [6.07, 6.45) is 1.04. The van der Waals surface area contributed by atoms with Crippen molar-refractivity contribution in [3.63, 3.8) is 0 Å². The molecule has 4 rings (SSSR count). The molecule has 0 atom stereocenters. The van der Waals surface area contributed by atoms with Crippen molar-refractivity contribution < 1.29 is 23.8 Å². The van der Waals surface area contributed by atoms with Crippen LogP contribution in [0.2, 0.25) is 0 Å². The van der Waals surface area contributed by atoms with E-state index in [2.05, 4.69) is 22.1 Å². The normalized spacial score (nSPS) is 17.2. The third-order valence-corrected chi connectivity index (χ3v) is 7.36. The van der Waals surface area contributed by atoms with Crippen LogP contribution in [0.4, 0.5) is 15.3 Å². The summed E-state index contributed by atoms with van der Waals surface area (Å²) in [5.41, 5.74) is 4.67. The van der Waals surface area contributed by atoms with Crippen LogP contribution in [-0.4, -0.2) is 67.1 Å². The predicted octanol–water partition coefficient (Wildman–Crippen LogP) is 5.34. The van der Waals surface area contributed by atoms with Crippen LogP contribution in [0.5, 0.6) is 11.5 Å². The van der Waals surface area contributed by atoms with Crippen LogP contribution in [0.25, 0.3) is 0 Å². The van der Waals surface area contributed by atoms with Gasteiger partial charge in [0, 0.05) is 24.3 Å². The Balaban J connectivity index is 1.75. The van der Waals surface area contributed by atoms with Crippen molar-refractivity contribution in [1.29, 1.82) is 0 Å². The zero-order chi connectivity index (χ0) is 26.7. The number of methoxy groups -OCH3 is 3. The Morgan fingerprint density at radius 1 is 1.11 bits per heavy atom. The summed E-state index contributed by atoms with van der Waals surface area (Å²) in [5, 5.41) is 4.75. The maximum atomic E-state index is 12.5. The lowest BCUT2D eigenvalue weighted by atomic mass is 9.93. The Bertz CT molecular complexity index is 1270. The topological polar surface area (TPSA) is 93.0 Å². The first kappa shape index (κ1) is 26.5.